The predicted octanol–water partition coefficient (Wildman–Crippen LogP) is 4.85. The molecule has 4 aromatic rings. The van der Waals surface area contributed by atoms with Gasteiger partial charge in [0.1, 0.15) is 5.75 Å². The molecule has 11 heteroatoms. The molecule has 1 aliphatic rings. The van der Waals surface area contributed by atoms with Crippen molar-refractivity contribution in [2.75, 3.05) is 17.7 Å². The van der Waals surface area contributed by atoms with E-state index in [9.17, 15) is 0 Å². The number of fused-ring (bicyclic) bond motifs is 3. The van der Waals surface area contributed by atoms with Crippen molar-refractivity contribution in [1.82, 2.24) is 25.0 Å². The normalized spacial score (nSPS) is 16.0. The maximum Gasteiger partial charge on any atom is 0.158 e. The summed E-state index contributed by atoms with van der Waals surface area (Å²) in [6.07, 6.45) is 6.92. The molecule has 0 unspecified atom stereocenters. The first kappa shape index (κ1) is 23.1. The Morgan fingerprint density at radius 3 is 2.69 bits per heavy atom. The van der Waals surface area contributed by atoms with Crippen molar-refractivity contribution in [3.05, 3.63) is 41.2 Å². The molecule has 0 radical (unpaired) electrons. The number of halogens is 1. The molecule has 1 fully saturated rings. The minimum Gasteiger partial charge on any atom is -0.495 e. The number of aromatic nitrogens is 5. The summed E-state index contributed by atoms with van der Waals surface area (Å²) >= 11 is 6.31. The van der Waals surface area contributed by atoms with Gasteiger partial charge in [-0.3, -0.25) is 0 Å². The highest BCUT2D eigenvalue weighted by Crippen LogP contribution is 2.34. The van der Waals surface area contributed by atoms with Crippen molar-refractivity contribution < 1.29 is 9.94 Å². The highest BCUT2D eigenvalue weighted by atomic mass is 35.5. The third-order valence-electron chi connectivity index (χ3n) is 6.43. The second kappa shape index (κ2) is 9.91. The van der Waals surface area contributed by atoms with E-state index in [0.717, 1.165) is 65.3 Å². The molecule has 0 spiro atoms. The molecule has 0 aliphatic heterocycles. The first-order valence-electron chi connectivity index (χ1n) is 11.6. The van der Waals surface area contributed by atoms with E-state index < -0.39 is 0 Å². The maximum absolute atomic E-state index is 9.04. The molecule has 3 heterocycles. The number of aryl methyl sites for hydroxylation is 1. The largest absolute Gasteiger partial charge is 0.495 e. The summed E-state index contributed by atoms with van der Waals surface area (Å²) in [5, 5.41) is 36.2. The third kappa shape index (κ3) is 4.53. The van der Waals surface area contributed by atoms with Gasteiger partial charge in [-0.25, -0.2) is 9.67 Å². The molecule has 0 amide bonds. The summed E-state index contributed by atoms with van der Waals surface area (Å²) in [4.78, 5) is 4.69. The van der Waals surface area contributed by atoms with Crippen LogP contribution in [0.3, 0.4) is 0 Å². The average molecular weight is 495 g/mol. The van der Waals surface area contributed by atoms with Crippen LogP contribution in [0.5, 0.6) is 5.75 Å². The van der Waals surface area contributed by atoms with Gasteiger partial charge in [-0.15, -0.1) is 10.2 Å². The molecule has 3 aromatic heterocycles. The summed E-state index contributed by atoms with van der Waals surface area (Å²) in [5.74, 6) is 1.97. The molecule has 0 bridgehead atoms. The molecule has 1 aliphatic carbocycles. The minimum absolute atomic E-state index is 0.215. The van der Waals surface area contributed by atoms with Gasteiger partial charge < -0.3 is 20.6 Å². The second-order valence-electron chi connectivity index (χ2n) is 8.55. The molecule has 1 saturated carbocycles. The van der Waals surface area contributed by atoms with Crippen molar-refractivity contribution in [1.29, 1.82) is 0 Å². The monoisotopic (exact) mass is 494 g/mol. The molecule has 10 nitrogen and oxygen atoms in total. The lowest BCUT2D eigenvalue weighted by molar-refractivity contribution is 0.313. The number of oxime groups is 1. The molecular formula is C24H27ClN8O2. The third-order valence-corrected chi connectivity index (χ3v) is 6.72. The van der Waals surface area contributed by atoms with E-state index in [1.54, 1.807) is 7.11 Å². The Balaban J connectivity index is 1.50. The van der Waals surface area contributed by atoms with Crippen LogP contribution >= 0.6 is 11.6 Å². The van der Waals surface area contributed by atoms with Gasteiger partial charge in [-0.05, 0) is 50.3 Å². The van der Waals surface area contributed by atoms with E-state index >= 15 is 0 Å². The molecule has 1 aromatic carbocycles. The number of methoxy groups -OCH3 is 1. The number of rotatable bonds is 7. The highest BCUT2D eigenvalue weighted by molar-refractivity contribution is 6.32. The first-order chi connectivity index (χ1) is 17.1. The van der Waals surface area contributed by atoms with Crippen LogP contribution < -0.4 is 15.4 Å². The number of hydrogen-bond acceptors (Lipinski definition) is 9. The van der Waals surface area contributed by atoms with Gasteiger partial charge in [0.15, 0.2) is 17.3 Å². The molecule has 0 atom stereocenters. The van der Waals surface area contributed by atoms with Crippen LogP contribution in [0.1, 0.15) is 38.2 Å². The first-order valence-corrected chi connectivity index (χ1v) is 12.0. The molecule has 35 heavy (non-hydrogen) atoms. The minimum atomic E-state index is 0.215. The van der Waals surface area contributed by atoms with Crippen molar-refractivity contribution in [2.45, 2.75) is 51.7 Å². The Bertz CT molecular complexity index is 1390. The standard InChI is InChI=1S/C24H27ClN8O2/c1-3-33-24-18(13-28-33)21-17(12-27-24)22(29-15-5-7-16(32-34)8-6-15)30-31-23(21)26-11-14-4-9-20(35-2)19(25)10-14/h4,9-10,12-13,15,34H,3,5-8,11H2,1-2H3,(H,26,31)(H,29,30). The highest BCUT2D eigenvalue weighted by Gasteiger charge is 2.21. The Labute approximate surface area is 207 Å². The van der Waals surface area contributed by atoms with Crippen molar-refractivity contribution in [2.24, 2.45) is 5.16 Å². The lowest BCUT2D eigenvalue weighted by Gasteiger charge is -2.24. The number of benzene rings is 1. The summed E-state index contributed by atoms with van der Waals surface area (Å²) in [7, 11) is 1.60. The zero-order valence-corrected chi connectivity index (χ0v) is 20.4. The fraction of sp³-hybridized carbons (Fsp3) is 0.375. The lowest BCUT2D eigenvalue weighted by atomic mass is 9.93. The molecule has 182 valence electrons. The van der Waals surface area contributed by atoms with Gasteiger partial charge >= 0.3 is 0 Å². The zero-order valence-electron chi connectivity index (χ0n) is 19.6. The number of hydrogen-bond donors (Lipinski definition) is 3. The summed E-state index contributed by atoms with van der Waals surface area (Å²) < 4.78 is 7.12. The van der Waals surface area contributed by atoms with Crippen LogP contribution in [0, 0.1) is 0 Å². The Hall–Kier alpha value is -3.66. The van der Waals surface area contributed by atoms with Gasteiger partial charge in [0, 0.05) is 36.1 Å². The van der Waals surface area contributed by atoms with E-state index in [1.807, 2.05) is 42.2 Å². The van der Waals surface area contributed by atoms with Crippen molar-refractivity contribution in [3.8, 4) is 5.75 Å². The maximum atomic E-state index is 9.04. The van der Waals surface area contributed by atoms with Gasteiger partial charge in [0.2, 0.25) is 0 Å². The van der Waals surface area contributed by atoms with Crippen LogP contribution in [0.25, 0.3) is 21.8 Å². The van der Waals surface area contributed by atoms with E-state index in [0.29, 0.717) is 29.0 Å². The average Bonchev–Trinajstić information content (AvgIpc) is 3.32. The molecule has 5 rings (SSSR count). The summed E-state index contributed by atoms with van der Waals surface area (Å²) in [6.45, 7) is 3.27. The fourth-order valence-electron chi connectivity index (χ4n) is 4.52. The quantitative estimate of drug-likeness (QED) is 0.246. The summed E-state index contributed by atoms with van der Waals surface area (Å²) in [5.41, 5.74) is 2.63. The van der Waals surface area contributed by atoms with Crippen LogP contribution in [0.4, 0.5) is 11.6 Å². The second-order valence-corrected chi connectivity index (χ2v) is 8.96. The lowest BCUT2D eigenvalue weighted by Crippen LogP contribution is -2.27. The number of ether oxygens (including phenoxy) is 1. The van der Waals surface area contributed by atoms with Crippen LogP contribution in [-0.4, -0.2) is 49.0 Å². The van der Waals surface area contributed by atoms with Gasteiger partial charge in [0.05, 0.1) is 29.4 Å². The SMILES string of the molecule is CCn1ncc2c3c(NCc4ccc(OC)c(Cl)c4)nnc(NC4CCC(=NO)CC4)c3cnc21. The van der Waals surface area contributed by atoms with E-state index in [1.165, 1.54) is 0 Å². The van der Waals surface area contributed by atoms with Crippen LogP contribution in [0.15, 0.2) is 35.7 Å². The van der Waals surface area contributed by atoms with E-state index in [2.05, 4.69) is 31.1 Å². The Morgan fingerprint density at radius 2 is 1.97 bits per heavy atom. The van der Waals surface area contributed by atoms with E-state index in [-0.39, 0.29) is 6.04 Å². The number of nitrogens with one attached hydrogen (secondary N) is 2. The van der Waals surface area contributed by atoms with Crippen LogP contribution in [-0.2, 0) is 13.1 Å². The number of nitrogens with zero attached hydrogens (tertiary/aromatic N) is 6. The Kier molecular flexibility index (Phi) is 6.54. The topological polar surface area (TPSA) is 122 Å². The predicted molar refractivity (Wildman–Crippen MR) is 137 cm³/mol. The van der Waals surface area contributed by atoms with E-state index in [4.69, 9.17) is 26.5 Å². The summed E-state index contributed by atoms with van der Waals surface area (Å²) in [6, 6.07) is 5.90. The number of anilines is 2. The molecular weight excluding hydrogens is 468 g/mol. The smallest absolute Gasteiger partial charge is 0.158 e. The van der Waals surface area contributed by atoms with Gasteiger partial charge in [-0.1, -0.05) is 22.8 Å². The van der Waals surface area contributed by atoms with Crippen LogP contribution in [0.2, 0.25) is 5.02 Å². The molecule has 3 N–H and O–H groups in total. The van der Waals surface area contributed by atoms with Gasteiger partial charge in [-0.2, -0.15) is 5.10 Å². The van der Waals surface area contributed by atoms with Crippen molar-refractivity contribution >= 4 is 50.8 Å². The van der Waals surface area contributed by atoms with Gasteiger partial charge in [0.25, 0.3) is 0 Å². The number of pyridine rings is 1. The Morgan fingerprint density at radius 1 is 1.17 bits per heavy atom. The van der Waals surface area contributed by atoms with Crippen molar-refractivity contribution in [3.63, 3.8) is 0 Å². The molecule has 0 saturated heterocycles. The fourth-order valence-corrected chi connectivity index (χ4v) is 4.80. The zero-order chi connectivity index (χ0) is 24.4.